The second-order valence-corrected chi connectivity index (χ2v) is 5.04. The van der Waals surface area contributed by atoms with Gasteiger partial charge in [0, 0.05) is 6.42 Å². The number of carbonyl (C=O) groups is 1. The molecule has 0 aliphatic rings. The number of ether oxygens (including phenoxy) is 2. The van der Waals surface area contributed by atoms with E-state index in [-0.39, 0.29) is 5.91 Å². The van der Waals surface area contributed by atoms with Crippen LogP contribution in [0.5, 0.6) is 11.5 Å². The minimum Gasteiger partial charge on any atom is -0.494 e. The van der Waals surface area contributed by atoms with Crippen molar-refractivity contribution in [2.24, 2.45) is 0 Å². The van der Waals surface area contributed by atoms with Crippen molar-refractivity contribution in [1.29, 1.82) is 0 Å². The molecule has 0 saturated carbocycles. The second kappa shape index (κ2) is 8.29. The lowest BCUT2D eigenvalue weighted by atomic mass is 10.2. The highest BCUT2D eigenvalue weighted by Crippen LogP contribution is 2.32. The lowest BCUT2D eigenvalue weighted by molar-refractivity contribution is -0.116. The maximum Gasteiger partial charge on any atom is 0.224 e. The number of anilines is 1. The fourth-order valence-electron chi connectivity index (χ4n) is 1.97. The summed E-state index contributed by atoms with van der Waals surface area (Å²) < 4.78 is 10.7. The van der Waals surface area contributed by atoms with Crippen molar-refractivity contribution in [2.75, 3.05) is 19.0 Å². The molecule has 2 rings (SSSR count). The molecule has 0 fully saturated rings. The zero-order valence-corrected chi connectivity index (χ0v) is 13.1. The van der Waals surface area contributed by atoms with Crippen LogP contribution in [0.25, 0.3) is 0 Å². The van der Waals surface area contributed by atoms with Gasteiger partial charge in [0.05, 0.1) is 24.4 Å². The number of para-hydroxylation sites is 2. The molecule has 0 atom stereocenters. The Morgan fingerprint density at radius 1 is 1.14 bits per heavy atom. The first kappa shape index (κ1) is 16.2. The minimum absolute atomic E-state index is 0.0998. The maximum absolute atomic E-state index is 11.9. The number of rotatable bonds is 7. The van der Waals surface area contributed by atoms with E-state index in [0.29, 0.717) is 35.9 Å². The molecule has 0 radical (unpaired) electrons. The first-order valence-electron chi connectivity index (χ1n) is 7.01. The summed E-state index contributed by atoms with van der Waals surface area (Å²) in [5, 5.41) is 3.26. The van der Waals surface area contributed by atoms with Crippen LogP contribution in [-0.4, -0.2) is 19.6 Å². The summed E-state index contributed by atoms with van der Waals surface area (Å²) in [6.45, 7) is 0.490. The molecular weight excluding hydrogens is 302 g/mol. The predicted octanol–water partition coefficient (Wildman–Crippen LogP) is 4.15. The average molecular weight is 320 g/mol. The second-order valence-electron chi connectivity index (χ2n) is 4.63. The molecule has 116 valence electrons. The number of benzene rings is 2. The predicted molar refractivity (Wildman–Crippen MR) is 87.8 cm³/mol. The molecule has 0 spiro atoms. The van der Waals surface area contributed by atoms with E-state index in [4.69, 9.17) is 21.1 Å². The van der Waals surface area contributed by atoms with Crippen molar-refractivity contribution in [3.63, 3.8) is 0 Å². The van der Waals surface area contributed by atoms with Crippen LogP contribution in [0.1, 0.15) is 12.8 Å². The molecule has 4 nitrogen and oxygen atoms in total. The lowest BCUT2D eigenvalue weighted by Gasteiger charge is -2.11. The van der Waals surface area contributed by atoms with Gasteiger partial charge in [0.25, 0.3) is 0 Å². The van der Waals surface area contributed by atoms with E-state index in [0.717, 1.165) is 5.75 Å². The van der Waals surface area contributed by atoms with Gasteiger partial charge in [-0.3, -0.25) is 4.79 Å². The number of amides is 1. The highest BCUT2D eigenvalue weighted by molar-refractivity contribution is 6.32. The third-order valence-corrected chi connectivity index (χ3v) is 3.30. The SMILES string of the molecule is COc1c(Cl)cccc1NC(=O)CCCOc1ccccc1. The molecule has 5 heteroatoms. The van der Waals surface area contributed by atoms with E-state index >= 15 is 0 Å². The Morgan fingerprint density at radius 2 is 1.91 bits per heavy atom. The molecule has 1 N–H and O–H groups in total. The smallest absolute Gasteiger partial charge is 0.224 e. The molecule has 0 aliphatic heterocycles. The number of halogens is 1. The first-order valence-corrected chi connectivity index (χ1v) is 7.38. The normalized spacial score (nSPS) is 10.1. The summed E-state index contributed by atoms with van der Waals surface area (Å²) >= 11 is 6.01. The van der Waals surface area contributed by atoms with E-state index in [1.807, 2.05) is 30.3 Å². The fourth-order valence-corrected chi connectivity index (χ4v) is 2.22. The van der Waals surface area contributed by atoms with Crippen LogP contribution in [-0.2, 0) is 4.79 Å². The van der Waals surface area contributed by atoms with Crippen molar-refractivity contribution in [1.82, 2.24) is 0 Å². The Labute approximate surface area is 135 Å². The molecule has 0 aliphatic carbocycles. The van der Waals surface area contributed by atoms with Gasteiger partial charge in [0.1, 0.15) is 5.75 Å². The van der Waals surface area contributed by atoms with Gasteiger partial charge in [0.15, 0.2) is 5.75 Å². The number of hydrogen-bond donors (Lipinski definition) is 1. The van der Waals surface area contributed by atoms with Crippen LogP contribution in [0.4, 0.5) is 5.69 Å². The summed E-state index contributed by atoms with van der Waals surface area (Å²) in [7, 11) is 1.52. The van der Waals surface area contributed by atoms with Crippen LogP contribution >= 0.6 is 11.6 Å². The first-order chi connectivity index (χ1) is 10.7. The lowest BCUT2D eigenvalue weighted by Crippen LogP contribution is -2.13. The standard InChI is InChI=1S/C17H18ClNO3/c1-21-17-14(18)9-5-10-15(17)19-16(20)11-6-12-22-13-7-3-2-4-8-13/h2-5,7-10H,6,11-12H2,1H3,(H,19,20). The number of nitrogens with one attached hydrogen (secondary N) is 1. The number of carbonyl (C=O) groups excluding carboxylic acids is 1. The highest BCUT2D eigenvalue weighted by atomic mass is 35.5. The van der Waals surface area contributed by atoms with Gasteiger partial charge >= 0.3 is 0 Å². The summed E-state index contributed by atoms with van der Waals surface area (Å²) in [5.74, 6) is 1.18. The summed E-state index contributed by atoms with van der Waals surface area (Å²) in [6, 6.07) is 14.7. The Hall–Kier alpha value is -2.20. The highest BCUT2D eigenvalue weighted by Gasteiger charge is 2.10. The molecule has 0 bridgehead atoms. The fraction of sp³-hybridized carbons (Fsp3) is 0.235. The van der Waals surface area contributed by atoms with E-state index in [2.05, 4.69) is 5.32 Å². The average Bonchev–Trinajstić information content (AvgIpc) is 2.53. The molecule has 0 heterocycles. The van der Waals surface area contributed by atoms with Gasteiger partial charge in [-0.15, -0.1) is 0 Å². The Bertz CT molecular complexity index is 617. The largest absolute Gasteiger partial charge is 0.494 e. The Morgan fingerprint density at radius 3 is 2.64 bits per heavy atom. The minimum atomic E-state index is -0.0998. The van der Waals surface area contributed by atoms with Gasteiger partial charge in [-0.25, -0.2) is 0 Å². The number of methoxy groups -OCH3 is 1. The van der Waals surface area contributed by atoms with Gasteiger partial charge in [-0.2, -0.15) is 0 Å². The molecule has 0 saturated heterocycles. The van der Waals surface area contributed by atoms with Crippen molar-refractivity contribution in [2.45, 2.75) is 12.8 Å². The molecule has 2 aromatic carbocycles. The van der Waals surface area contributed by atoms with Crippen LogP contribution in [0.2, 0.25) is 5.02 Å². The van der Waals surface area contributed by atoms with Crippen molar-refractivity contribution >= 4 is 23.2 Å². The zero-order chi connectivity index (χ0) is 15.8. The Balaban J connectivity index is 1.78. The third-order valence-electron chi connectivity index (χ3n) is 3.01. The molecule has 2 aromatic rings. The van der Waals surface area contributed by atoms with Crippen LogP contribution < -0.4 is 14.8 Å². The van der Waals surface area contributed by atoms with E-state index < -0.39 is 0 Å². The maximum atomic E-state index is 11.9. The molecule has 0 unspecified atom stereocenters. The van der Waals surface area contributed by atoms with Crippen LogP contribution in [0.3, 0.4) is 0 Å². The molecule has 1 amide bonds. The third kappa shape index (κ3) is 4.67. The van der Waals surface area contributed by atoms with Crippen molar-refractivity contribution in [3.05, 3.63) is 53.6 Å². The number of hydrogen-bond acceptors (Lipinski definition) is 3. The van der Waals surface area contributed by atoms with Gasteiger partial charge in [0.2, 0.25) is 5.91 Å². The van der Waals surface area contributed by atoms with E-state index in [1.165, 1.54) is 7.11 Å². The zero-order valence-electron chi connectivity index (χ0n) is 12.3. The molecule has 22 heavy (non-hydrogen) atoms. The van der Waals surface area contributed by atoms with Crippen molar-refractivity contribution < 1.29 is 14.3 Å². The topological polar surface area (TPSA) is 47.6 Å². The van der Waals surface area contributed by atoms with Gasteiger partial charge in [-0.05, 0) is 30.7 Å². The quantitative estimate of drug-likeness (QED) is 0.780. The monoisotopic (exact) mass is 319 g/mol. The van der Waals surface area contributed by atoms with Crippen molar-refractivity contribution in [3.8, 4) is 11.5 Å². The van der Waals surface area contributed by atoms with E-state index in [9.17, 15) is 4.79 Å². The van der Waals surface area contributed by atoms with Crippen LogP contribution in [0, 0.1) is 0 Å². The van der Waals surface area contributed by atoms with E-state index in [1.54, 1.807) is 18.2 Å². The summed E-state index contributed by atoms with van der Waals surface area (Å²) in [4.78, 5) is 11.9. The Kier molecular flexibility index (Phi) is 6.10. The van der Waals surface area contributed by atoms with Gasteiger partial charge in [-0.1, -0.05) is 35.9 Å². The van der Waals surface area contributed by atoms with Gasteiger partial charge < -0.3 is 14.8 Å². The van der Waals surface area contributed by atoms with Crippen LogP contribution in [0.15, 0.2) is 48.5 Å². The molecule has 0 aromatic heterocycles. The summed E-state index contributed by atoms with van der Waals surface area (Å²) in [5.41, 5.74) is 0.573. The molecular formula is C17H18ClNO3. The summed E-state index contributed by atoms with van der Waals surface area (Å²) in [6.07, 6.45) is 0.992.